The molecule has 2 rings (SSSR count). The van der Waals surface area contributed by atoms with Crippen molar-refractivity contribution < 1.29 is 14.7 Å². The maximum absolute atomic E-state index is 12.3. The van der Waals surface area contributed by atoms with Crippen molar-refractivity contribution in [2.45, 2.75) is 25.2 Å². The minimum atomic E-state index is -1.16. The van der Waals surface area contributed by atoms with Crippen molar-refractivity contribution >= 4 is 27.9 Å². The highest BCUT2D eigenvalue weighted by Crippen LogP contribution is 2.35. The second-order valence-electron chi connectivity index (χ2n) is 4.68. The maximum atomic E-state index is 12.3. The molecule has 1 aromatic carbocycles. The van der Waals surface area contributed by atoms with Crippen molar-refractivity contribution in [2.24, 2.45) is 0 Å². The number of likely N-dealkylation sites (tertiary alicyclic amines) is 1. The topological polar surface area (TPSA) is 57.6 Å². The lowest BCUT2D eigenvalue weighted by molar-refractivity contribution is -0.137. The van der Waals surface area contributed by atoms with E-state index in [9.17, 15) is 9.59 Å². The van der Waals surface area contributed by atoms with Crippen molar-refractivity contribution in [3.05, 3.63) is 34.3 Å². The van der Waals surface area contributed by atoms with Crippen LogP contribution in [0.15, 0.2) is 28.7 Å². The molecule has 18 heavy (non-hydrogen) atoms. The van der Waals surface area contributed by atoms with E-state index in [4.69, 9.17) is 5.11 Å². The van der Waals surface area contributed by atoms with Gasteiger partial charge in [-0.1, -0.05) is 28.1 Å². The molecule has 96 valence electrons. The Labute approximate surface area is 114 Å². The van der Waals surface area contributed by atoms with E-state index in [1.54, 1.807) is 0 Å². The van der Waals surface area contributed by atoms with Crippen molar-refractivity contribution in [1.29, 1.82) is 0 Å². The van der Waals surface area contributed by atoms with Gasteiger partial charge in [-0.15, -0.1) is 0 Å². The average Bonchev–Trinajstić information content (AvgIpc) is 2.33. The number of carbonyl (C=O) groups is 2. The number of carboxylic acid groups (broad SMARTS) is 1. The fourth-order valence-electron chi connectivity index (χ4n) is 2.37. The van der Waals surface area contributed by atoms with Gasteiger partial charge in [-0.05, 0) is 37.5 Å². The number of amides is 2. The molecule has 1 aliphatic rings. The first kappa shape index (κ1) is 13.1. The van der Waals surface area contributed by atoms with Crippen LogP contribution in [-0.4, -0.2) is 28.6 Å². The van der Waals surface area contributed by atoms with Gasteiger partial charge in [0.2, 0.25) is 5.91 Å². The summed E-state index contributed by atoms with van der Waals surface area (Å²) >= 11 is 3.35. The van der Waals surface area contributed by atoms with E-state index in [0.717, 1.165) is 14.9 Å². The van der Waals surface area contributed by atoms with Crippen molar-refractivity contribution in [1.82, 2.24) is 4.90 Å². The molecule has 0 aromatic heterocycles. The number of nitrogens with zero attached hydrogens (tertiary/aromatic N) is 1. The summed E-state index contributed by atoms with van der Waals surface area (Å²) in [7, 11) is 0. The van der Waals surface area contributed by atoms with E-state index < -0.39 is 11.5 Å². The molecular formula is C13H14BrNO3. The third-order valence-corrected chi connectivity index (χ3v) is 4.02. The highest BCUT2D eigenvalue weighted by molar-refractivity contribution is 9.10. The molecule has 5 heteroatoms. The zero-order chi connectivity index (χ0) is 13.3. The first-order chi connectivity index (χ1) is 8.45. The van der Waals surface area contributed by atoms with Gasteiger partial charge < -0.3 is 5.11 Å². The molecule has 2 amide bonds. The Kier molecular flexibility index (Phi) is 3.43. The van der Waals surface area contributed by atoms with Gasteiger partial charge in [0.1, 0.15) is 0 Å². The van der Waals surface area contributed by atoms with Gasteiger partial charge in [-0.25, -0.2) is 9.69 Å². The van der Waals surface area contributed by atoms with Crippen molar-refractivity contribution in [2.75, 3.05) is 6.54 Å². The van der Waals surface area contributed by atoms with Crippen LogP contribution in [0.5, 0.6) is 0 Å². The Morgan fingerprint density at radius 3 is 2.56 bits per heavy atom. The lowest BCUT2D eigenvalue weighted by Gasteiger charge is -2.37. The van der Waals surface area contributed by atoms with E-state index in [2.05, 4.69) is 15.9 Å². The van der Waals surface area contributed by atoms with Gasteiger partial charge in [0.05, 0.1) is 5.41 Å². The third kappa shape index (κ3) is 2.14. The summed E-state index contributed by atoms with van der Waals surface area (Å²) in [6.07, 6.45) is 0.213. The maximum Gasteiger partial charge on any atom is 0.414 e. The summed E-state index contributed by atoms with van der Waals surface area (Å²) in [6.45, 7) is 2.11. The lowest BCUT2D eigenvalue weighted by atomic mass is 9.75. The zero-order valence-electron chi connectivity index (χ0n) is 10.0. The van der Waals surface area contributed by atoms with E-state index in [-0.39, 0.29) is 5.91 Å². The van der Waals surface area contributed by atoms with Gasteiger partial charge >= 0.3 is 6.09 Å². The summed E-state index contributed by atoms with van der Waals surface area (Å²) in [4.78, 5) is 24.3. The largest absolute Gasteiger partial charge is 0.465 e. The number of carbonyl (C=O) groups excluding carboxylic acids is 1. The molecule has 1 unspecified atom stereocenters. The van der Waals surface area contributed by atoms with Crippen LogP contribution in [0.4, 0.5) is 4.79 Å². The van der Waals surface area contributed by atoms with Crippen molar-refractivity contribution in [3.63, 3.8) is 0 Å². The first-order valence-corrected chi connectivity index (χ1v) is 6.55. The zero-order valence-corrected chi connectivity index (χ0v) is 11.6. The molecule has 1 atom stereocenters. The SMILES string of the molecule is CC1(c2ccc(Br)cc2)CCCN(C(=O)O)C1=O. The summed E-state index contributed by atoms with van der Waals surface area (Å²) in [5, 5.41) is 9.03. The number of hydrogen-bond acceptors (Lipinski definition) is 2. The van der Waals surface area contributed by atoms with Gasteiger partial charge in [-0.3, -0.25) is 4.79 Å². The summed E-state index contributed by atoms with van der Waals surface area (Å²) in [5.74, 6) is -0.330. The molecule has 1 fully saturated rings. The van der Waals surface area contributed by atoms with E-state index >= 15 is 0 Å². The molecular weight excluding hydrogens is 298 g/mol. The fraction of sp³-hybridized carbons (Fsp3) is 0.385. The van der Waals surface area contributed by atoms with Crippen LogP contribution in [0.25, 0.3) is 0 Å². The molecule has 1 saturated heterocycles. The normalized spacial score (nSPS) is 24.1. The quantitative estimate of drug-likeness (QED) is 0.867. The van der Waals surface area contributed by atoms with Gasteiger partial charge in [0.15, 0.2) is 0 Å². The van der Waals surface area contributed by atoms with Crippen LogP contribution < -0.4 is 0 Å². The highest BCUT2D eigenvalue weighted by atomic mass is 79.9. The Balaban J connectivity index is 2.37. The molecule has 1 aliphatic heterocycles. The standard InChI is InChI=1S/C13H14BrNO3/c1-13(9-3-5-10(14)6-4-9)7-2-8-15(11(13)16)12(17)18/h3-6H,2,7-8H2,1H3,(H,17,18). The van der Waals surface area contributed by atoms with Gasteiger partial charge in [0.25, 0.3) is 0 Å². The Morgan fingerprint density at radius 2 is 2.00 bits per heavy atom. The average molecular weight is 312 g/mol. The lowest BCUT2D eigenvalue weighted by Crippen LogP contribution is -2.51. The molecule has 0 saturated carbocycles. The molecule has 0 radical (unpaired) electrons. The number of rotatable bonds is 1. The molecule has 0 spiro atoms. The Bertz CT molecular complexity index is 486. The second-order valence-corrected chi connectivity index (χ2v) is 5.60. The minimum Gasteiger partial charge on any atom is -0.465 e. The predicted octanol–water partition coefficient (Wildman–Crippen LogP) is 3.01. The van der Waals surface area contributed by atoms with Gasteiger partial charge in [-0.2, -0.15) is 0 Å². The smallest absolute Gasteiger partial charge is 0.414 e. The van der Waals surface area contributed by atoms with Gasteiger partial charge in [0, 0.05) is 11.0 Å². The van der Waals surface area contributed by atoms with Crippen LogP contribution >= 0.6 is 15.9 Å². The molecule has 1 N–H and O–H groups in total. The Hall–Kier alpha value is -1.36. The molecule has 1 heterocycles. The van der Waals surface area contributed by atoms with Crippen LogP contribution in [0.3, 0.4) is 0 Å². The van der Waals surface area contributed by atoms with Crippen LogP contribution in [0.2, 0.25) is 0 Å². The highest BCUT2D eigenvalue weighted by Gasteiger charge is 2.43. The van der Waals surface area contributed by atoms with Crippen LogP contribution in [0, 0.1) is 0 Å². The number of halogens is 1. The Morgan fingerprint density at radius 1 is 1.39 bits per heavy atom. The van der Waals surface area contributed by atoms with E-state index in [1.807, 2.05) is 31.2 Å². The van der Waals surface area contributed by atoms with Crippen LogP contribution in [-0.2, 0) is 10.2 Å². The minimum absolute atomic E-state index is 0.292. The van der Waals surface area contributed by atoms with E-state index in [1.165, 1.54) is 0 Å². The number of imide groups is 1. The van der Waals surface area contributed by atoms with Crippen molar-refractivity contribution in [3.8, 4) is 0 Å². The number of benzene rings is 1. The predicted molar refractivity (Wildman–Crippen MR) is 70.5 cm³/mol. The molecule has 0 bridgehead atoms. The molecule has 4 nitrogen and oxygen atoms in total. The fourth-order valence-corrected chi connectivity index (χ4v) is 2.63. The van der Waals surface area contributed by atoms with Crippen LogP contribution in [0.1, 0.15) is 25.3 Å². The molecule has 1 aromatic rings. The first-order valence-electron chi connectivity index (χ1n) is 5.76. The second kappa shape index (κ2) is 4.72. The summed E-state index contributed by atoms with van der Waals surface area (Å²) in [6, 6.07) is 7.47. The molecule has 0 aliphatic carbocycles. The number of hydrogen-bond donors (Lipinski definition) is 1. The van der Waals surface area contributed by atoms with E-state index in [0.29, 0.717) is 19.4 Å². The summed E-state index contributed by atoms with van der Waals surface area (Å²) < 4.78 is 0.938. The summed E-state index contributed by atoms with van der Waals surface area (Å²) in [5.41, 5.74) is 0.124. The monoisotopic (exact) mass is 311 g/mol. The number of piperidine rings is 1. The third-order valence-electron chi connectivity index (χ3n) is 3.49.